The van der Waals surface area contributed by atoms with E-state index in [0.29, 0.717) is 26.1 Å². The maximum atomic E-state index is 11.7. The van der Waals surface area contributed by atoms with Gasteiger partial charge >= 0.3 is 0 Å². The van der Waals surface area contributed by atoms with Crippen LogP contribution in [0.2, 0.25) is 0 Å². The van der Waals surface area contributed by atoms with Crippen molar-refractivity contribution in [2.45, 2.75) is 45.8 Å². The Morgan fingerprint density at radius 1 is 1.31 bits per heavy atom. The van der Waals surface area contributed by atoms with Crippen LogP contribution >= 0.6 is 0 Å². The SMILES string of the molecule is CCC(=O)C(CC(C)=O)CC1(C)OCCO1. The Kier molecular flexibility index (Phi) is 4.62. The second kappa shape index (κ2) is 5.55. The molecule has 1 aliphatic heterocycles. The number of carbonyl (C=O) groups excluding carboxylic acids is 2. The highest BCUT2D eigenvalue weighted by atomic mass is 16.7. The zero-order valence-corrected chi connectivity index (χ0v) is 10.2. The molecule has 0 aromatic carbocycles. The summed E-state index contributed by atoms with van der Waals surface area (Å²) >= 11 is 0. The second-order valence-electron chi connectivity index (χ2n) is 4.46. The molecule has 0 amide bonds. The Morgan fingerprint density at radius 3 is 2.31 bits per heavy atom. The monoisotopic (exact) mass is 228 g/mol. The van der Waals surface area contributed by atoms with E-state index in [0.717, 1.165) is 0 Å². The zero-order chi connectivity index (χ0) is 12.2. The molecule has 1 aliphatic rings. The van der Waals surface area contributed by atoms with Crippen LogP contribution in [0.3, 0.4) is 0 Å². The third-order valence-corrected chi connectivity index (χ3v) is 2.85. The minimum atomic E-state index is -0.690. The summed E-state index contributed by atoms with van der Waals surface area (Å²) in [6.45, 7) is 6.27. The van der Waals surface area contributed by atoms with Gasteiger partial charge in [0, 0.05) is 25.2 Å². The summed E-state index contributed by atoms with van der Waals surface area (Å²) in [5, 5.41) is 0. The van der Waals surface area contributed by atoms with E-state index < -0.39 is 5.79 Å². The molecule has 4 nitrogen and oxygen atoms in total. The Labute approximate surface area is 96.3 Å². The molecular weight excluding hydrogens is 208 g/mol. The van der Waals surface area contributed by atoms with Crippen LogP contribution in [0, 0.1) is 5.92 Å². The van der Waals surface area contributed by atoms with Crippen molar-refractivity contribution in [3.63, 3.8) is 0 Å². The summed E-state index contributed by atoms with van der Waals surface area (Å²) in [5.74, 6) is -0.820. The van der Waals surface area contributed by atoms with Gasteiger partial charge in [0.1, 0.15) is 11.6 Å². The molecule has 0 aromatic rings. The van der Waals surface area contributed by atoms with E-state index in [9.17, 15) is 9.59 Å². The molecule has 0 N–H and O–H groups in total. The smallest absolute Gasteiger partial charge is 0.166 e. The quantitative estimate of drug-likeness (QED) is 0.694. The summed E-state index contributed by atoms with van der Waals surface area (Å²) in [5.41, 5.74) is 0. The van der Waals surface area contributed by atoms with Crippen molar-refractivity contribution in [2.75, 3.05) is 13.2 Å². The average Bonchev–Trinajstić information content (AvgIpc) is 2.62. The summed E-state index contributed by atoms with van der Waals surface area (Å²) in [6.07, 6.45) is 1.21. The first-order valence-corrected chi connectivity index (χ1v) is 5.77. The summed E-state index contributed by atoms with van der Waals surface area (Å²) < 4.78 is 10.9. The molecule has 16 heavy (non-hydrogen) atoms. The predicted molar refractivity (Wildman–Crippen MR) is 59.0 cm³/mol. The van der Waals surface area contributed by atoms with Crippen LogP contribution in [0.15, 0.2) is 0 Å². The molecule has 0 spiro atoms. The van der Waals surface area contributed by atoms with E-state index in [1.165, 1.54) is 6.92 Å². The van der Waals surface area contributed by atoms with Gasteiger partial charge in [0.15, 0.2) is 5.79 Å². The first-order valence-electron chi connectivity index (χ1n) is 5.77. The lowest BCUT2D eigenvalue weighted by Crippen LogP contribution is -2.32. The third kappa shape index (κ3) is 3.68. The van der Waals surface area contributed by atoms with Gasteiger partial charge in [-0.1, -0.05) is 6.92 Å². The molecule has 0 radical (unpaired) electrons. The van der Waals surface area contributed by atoms with Crippen molar-refractivity contribution in [3.05, 3.63) is 0 Å². The molecule has 4 heteroatoms. The van der Waals surface area contributed by atoms with E-state index in [1.807, 2.05) is 13.8 Å². The first-order chi connectivity index (χ1) is 7.47. The highest BCUT2D eigenvalue weighted by Gasteiger charge is 2.36. The van der Waals surface area contributed by atoms with Gasteiger partial charge in [-0.25, -0.2) is 0 Å². The fourth-order valence-electron chi connectivity index (χ4n) is 2.06. The average molecular weight is 228 g/mol. The highest BCUT2D eigenvalue weighted by molar-refractivity contribution is 5.86. The van der Waals surface area contributed by atoms with Crippen molar-refractivity contribution >= 4 is 11.6 Å². The van der Waals surface area contributed by atoms with E-state index in [4.69, 9.17) is 9.47 Å². The van der Waals surface area contributed by atoms with Crippen LogP contribution in [-0.2, 0) is 19.1 Å². The van der Waals surface area contributed by atoms with Crippen molar-refractivity contribution in [1.29, 1.82) is 0 Å². The Morgan fingerprint density at radius 2 is 1.88 bits per heavy atom. The molecule has 1 atom stereocenters. The Balaban J connectivity index is 2.62. The third-order valence-electron chi connectivity index (χ3n) is 2.85. The van der Waals surface area contributed by atoms with Gasteiger partial charge in [-0.2, -0.15) is 0 Å². The van der Waals surface area contributed by atoms with Crippen LogP contribution in [0.25, 0.3) is 0 Å². The molecule has 1 saturated heterocycles. The Bertz CT molecular complexity index is 266. The summed E-state index contributed by atoms with van der Waals surface area (Å²) in [6, 6.07) is 0. The van der Waals surface area contributed by atoms with E-state index >= 15 is 0 Å². The summed E-state index contributed by atoms with van der Waals surface area (Å²) in [4.78, 5) is 22.8. The molecule has 1 fully saturated rings. The molecule has 0 aromatic heterocycles. The molecule has 0 saturated carbocycles. The molecule has 1 unspecified atom stereocenters. The topological polar surface area (TPSA) is 52.6 Å². The number of Topliss-reactive ketones (excluding diaryl/α,β-unsaturated/α-hetero) is 2. The highest BCUT2D eigenvalue weighted by Crippen LogP contribution is 2.29. The molecule has 1 rings (SSSR count). The van der Waals surface area contributed by atoms with E-state index in [2.05, 4.69) is 0 Å². The standard InChI is InChI=1S/C12H20O4/c1-4-11(14)10(7-9(2)13)8-12(3)15-5-6-16-12/h10H,4-8H2,1-3H3. The minimum absolute atomic E-state index is 0.0356. The lowest BCUT2D eigenvalue weighted by molar-refractivity contribution is -0.161. The number of hydrogen-bond donors (Lipinski definition) is 0. The number of carbonyl (C=O) groups is 2. The fourth-order valence-corrected chi connectivity index (χ4v) is 2.06. The number of ketones is 2. The van der Waals surface area contributed by atoms with Crippen molar-refractivity contribution in [3.8, 4) is 0 Å². The lowest BCUT2D eigenvalue weighted by atomic mass is 9.89. The number of ether oxygens (including phenoxy) is 2. The van der Waals surface area contributed by atoms with Crippen LogP contribution in [0.5, 0.6) is 0 Å². The second-order valence-corrected chi connectivity index (χ2v) is 4.46. The fraction of sp³-hybridized carbons (Fsp3) is 0.833. The molecular formula is C12H20O4. The van der Waals surface area contributed by atoms with Gasteiger partial charge in [0.2, 0.25) is 0 Å². The van der Waals surface area contributed by atoms with E-state index in [1.54, 1.807) is 0 Å². The predicted octanol–water partition coefficient (Wildman–Crippen LogP) is 1.71. The molecule has 0 bridgehead atoms. The van der Waals surface area contributed by atoms with Crippen molar-refractivity contribution in [2.24, 2.45) is 5.92 Å². The molecule has 1 heterocycles. The van der Waals surface area contributed by atoms with Crippen LogP contribution in [0.4, 0.5) is 0 Å². The number of hydrogen-bond acceptors (Lipinski definition) is 4. The van der Waals surface area contributed by atoms with E-state index in [-0.39, 0.29) is 23.9 Å². The largest absolute Gasteiger partial charge is 0.348 e. The van der Waals surface area contributed by atoms with Gasteiger partial charge < -0.3 is 14.3 Å². The van der Waals surface area contributed by atoms with Gasteiger partial charge in [-0.3, -0.25) is 4.79 Å². The Hall–Kier alpha value is -0.740. The zero-order valence-electron chi connectivity index (χ0n) is 10.2. The minimum Gasteiger partial charge on any atom is -0.348 e. The maximum absolute atomic E-state index is 11.7. The van der Waals surface area contributed by atoms with Crippen molar-refractivity contribution < 1.29 is 19.1 Å². The van der Waals surface area contributed by atoms with Crippen LogP contribution in [0.1, 0.15) is 40.0 Å². The van der Waals surface area contributed by atoms with Crippen molar-refractivity contribution in [1.82, 2.24) is 0 Å². The van der Waals surface area contributed by atoms with Crippen LogP contribution < -0.4 is 0 Å². The molecule has 0 aliphatic carbocycles. The molecule has 92 valence electrons. The van der Waals surface area contributed by atoms with Gasteiger partial charge in [-0.05, 0) is 13.8 Å². The first kappa shape index (κ1) is 13.3. The maximum Gasteiger partial charge on any atom is 0.166 e. The van der Waals surface area contributed by atoms with Gasteiger partial charge in [-0.15, -0.1) is 0 Å². The summed E-state index contributed by atoms with van der Waals surface area (Å²) in [7, 11) is 0. The number of rotatable bonds is 6. The van der Waals surface area contributed by atoms with Gasteiger partial charge in [0.05, 0.1) is 13.2 Å². The normalized spacial score (nSPS) is 20.7. The van der Waals surface area contributed by atoms with Gasteiger partial charge in [0.25, 0.3) is 0 Å². The lowest BCUT2D eigenvalue weighted by Gasteiger charge is -2.26. The van der Waals surface area contributed by atoms with Crippen LogP contribution in [-0.4, -0.2) is 30.6 Å².